The Labute approximate surface area is 198 Å². The maximum absolute atomic E-state index is 13.8. The van der Waals surface area contributed by atoms with E-state index in [9.17, 15) is 13.2 Å². The summed E-state index contributed by atoms with van der Waals surface area (Å²) in [6.45, 7) is 0.578. The summed E-state index contributed by atoms with van der Waals surface area (Å²) < 4.78 is 30.6. The molecular formula is C26H24N4O3S. The normalized spacial score (nSPS) is 16.8. The van der Waals surface area contributed by atoms with Gasteiger partial charge in [-0.1, -0.05) is 91.0 Å². The van der Waals surface area contributed by atoms with Crippen LogP contribution in [0.3, 0.4) is 0 Å². The Kier molecular flexibility index (Phi) is 5.67. The fourth-order valence-electron chi connectivity index (χ4n) is 4.24. The Hall–Kier alpha value is -3.91. The van der Waals surface area contributed by atoms with E-state index >= 15 is 0 Å². The summed E-state index contributed by atoms with van der Waals surface area (Å²) in [5.41, 5.74) is 2.57. The van der Waals surface area contributed by atoms with Crippen LogP contribution in [0.1, 0.15) is 32.4 Å². The van der Waals surface area contributed by atoms with Gasteiger partial charge in [0.05, 0.1) is 6.54 Å². The van der Waals surface area contributed by atoms with Crippen molar-refractivity contribution in [1.29, 1.82) is 0 Å². The molecule has 0 amide bonds. The Morgan fingerprint density at radius 2 is 1.41 bits per heavy atom. The highest BCUT2D eigenvalue weighted by Gasteiger charge is 2.48. The minimum absolute atomic E-state index is 0.0852. The summed E-state index contributed by atoms with van der Waals surface area (Å²) in [4.78, 5) is 18.2. The number of ketones is 1. The van der Waals surface area contributed by atoms with Crippen molar-refractivity contribution in [3.63, 3.8) is 0 Å². The first-order valence-electron chi connectivity index (χ1n) is 11.0. The number of carbonyl (C=O) groups is 1. The molecule has 34 heavy (non-hydrogen) atoms. The molecule has 8 heteroatoms. The Balaban J connectivity index is 1.61. The Morgan fingerprint density at radius 1 is 0.853 bits per heavy atom. The highest BCUT2D eigenvalue weighted by atomic mass is 32.2. The first kappa shape index (κ1) is 21.9. The first-order valence-corrected chi connectivity index (χ1v) is 12.5. The van der Waals surface area contributed by atoms with Gasteiger partial charge in [0.15, 0.2) is 11.1 Å². The number of rotatable bonds is 6. The van der Waals surface area contributed by atoms with Gasteiger partial charge in [-0.2, -0.15) is 4.98 Å². The number of sulfonamides is 1. The fraction of sp³-hybridized carbons (Fsp3) is 0.154. The molecule has 2 heterocycles. The van der Waals surface area contributed by atoms with Crippen LogP contribution < -0.4 is 9.62 Å². The topological polar surface area (TPSA) is 84.3 Å². The highest BCUT2D eigenvalue weighted by molar-refractivity contribution is 7.93. The van der Waals surface area contributed by atoms with Gasteiger partial charge in [0.1, 0.15) is 5.69 Å². The van der Waals surface area contributed by atoms with Gasteiger partial charge in [0.2, 0.25) is 11.7 Å². The van der Waals surface area contributed by atoms with Crippen molar-refractivity contribution in [3.8, 4) is 0 Å². The number of hydrogen-bond acceptors (Lipinski definition) is 5. The largest absolute Gasteiger partial charge is 0.352 e. The van der Waals surface area contributed by atoms with Gasteiger partial charge in [0.25, 0.3) is 10.0 Å². The van der Waals surface area contributed by atoms with Gasteiger partial charge in [-0.25, -0.2) is 12.7 Å². The molecule has 0 saturated carbocycles. The maximum atomic E-state index is 13.8. The molecule has 3 aromatic carbocycles. The van der Waals surface area contributed by atoms with Gasteiger partial charge in [0, 0.05) is 13.6 Å². The lowest BCUT2D eigenvalue weighted by Crippen LogP contribution is -2.43. The molecule has 0 bridgehead atoms. The van der Waals surface area contributed by atoms with E-state index in [4.69, 9.17) is 0 Å². The summed E-state index contributed by atoms with van der Waals surface area (Å²) in [5, 5.41) is 1.92. The zero-order chi connectivity index (χ0) is 23.7. The van der Waals surface area contributed by atoms with Crippen LogP contribution in [0.4, 0.5) is 11.8 Å². The third kappa shape index (κ3) is 3.86. The van der Waals surface area contributed by atoms with Crippen LogP contribution >= 0.6 is 0 Å². The van der Waals surface area contributed by atoms with E-state index in [0.29, 0.717) is 18.1 Å². The molecule has 1 N–H and O–H groups in total. The van der Waals surface area contributed by atoms with Crippen molar-refractivity contribution in [3.05, 3.63) is 113 Å². The summed E-state index contributed by atoms with van der Waals surface area (Å²) in [6, 6.07) is 27.8. The number of anilines is 2. The molecule has 0 fully saturated rings. The summed E-state index contributed by atoms with van der Waals surface area (Å²) >= 11 is 0. The van der Waals surface area contributed by atoms with Crippen molar-refractivity contribution in [2.75, 3.05) is 9.62 Å². The van der Waals surface area contributed by atoms with E-state index in [1.165, 1.54) is 4.31 Å². The predicted octanol–water partition coefficient (Wildman–Crippen LogP) is 4.31. The number of aromatic nitrogens is 2. The minimum atomic E-state index is -4.07. The zero-order valence-corrected chi connectivity index (χ0v) is 19.4. The van der Waals surface area contributed by atoms with Crippen molar-refractivity contribution >= 4 is 27.6 Å². The number of nitrogens with one attached hydrogen (secondary N) is 1. The first-order chi connectivity index (χ1) is 16.5. The third-order valence-corrected chi connectivity index (χ3v) is 7.95. The average molecular weight is 473 g/mol. The SMILES string of the molecule is Cn1c(NCc2ccccc2)nc2c1C(=O)C(c1ccccc1)S(=O)(=O)N2Cc1ccccc1. The number of fused-ring (bicyclic) bond motifs is 1. The van der Waals surface area contributed by atoms with Crippen LogP contribution in [-0.4, -0.2) is 23.8 Å². The smallest absolute Gasteiger partial charge is 0.251 e. The second-order valence-electron chi connectivity index (χ2n) is 8.20. The van der Waals surface area contributed by atoms with Crippen molar-refractivity contribution in [1.82, 2.24) is 9.55 Å². The molecule has 0 radical (unpaired) electrons. The van der Waals surface area contributed by atoms with E-state index in [1.54, 1.807) is 41.9 Å². The fourth-order valence-corrected chi connectivity index (χ4v) is 6.08. The van der Waals surface area contributed by atoms with Crippen molar-refractivity contribution in [2.24, 2.45) is 7.05 Å². The summed E-state index contributed by atoms with van der Waals surface area (Å²) in [6.07, 6.45) is 0. The molecule has 7 nitrogen and oxygen atoms in total. The molecule has 1 atom stereocenters. The second-order valence-corrected chi connectivity index (χ2v) is 10.1. The standard InChI is InChI=1S/C26H24N4O3S/c1-29-22-23(31)24(21-15-9-4-10-16-21)34(32,33)30(18-20-13-7-3-8-14-20)25(22)28-26(29)27-17-19-11-5-2-6-12-19/h2-16,24H,17-18H2,1H3,(H,27,28). The predicted molar refractivity (Wildman–Crippen MR) is 132 cm³/mol. The van der Waals surface area contributed by atoms with Gasteiger partial charge in [-0.05, 0) is 16.7 Å². The van der Waals surface area contributed by atoms with E-state index in [1.807, 2.05) is 60.7 Å². The summed E-state index contributed by atoms with van der Waals surface area (Å²) in [7, 11) is -2.33. The van der Waals surface area contributed by atoms with E-state index < -0.39 is 21.1 Å². The number of carbonyl (C=O) groups excluding carboxylic acids is 1. The highest BCUT2D eigenvalue weighted by Crippen LogP contribution is 2.41. The van der Waals surface area contributed by atoms with Crippen molar-refractivity contribution in [2.45, 2.75) is 18.3 Å². The lowest BCUT2D eigenvalue weighted by atomic mass is 10.1. The van der Waals surface area contributed by atoms with Crippen LogP contribution in [0.2, 0.25) is 0 Å². The zero-order valence-electron chi connectivity index (χ0n) is 18.6. The number of imidazole rings is 1. The van der Waals surface area contributed by atoms with Crippen LogP contribution in [0.15, 0.2) is 91.0 Å². The van der Waals surface area contributed by atoms with Crippen molar-refractivity contribution < 1.29 is 13.2 Å². The molecule has 0 saturated heterocycles. The van der Waals surface area contributed by atoms with Crippen LogP contribution in [0.25, 0.3) is 0 Å². The molecule has 4 aromatic rings. The van der Waals surface area contributed by atoms with E-state index in [0.717, 1.165) is 11.1 Å². The molecular weight excluding hydrogens is 448 g/mol. The van der Waals surface area contributed by atoms with E-state index in [2.05, 4.69) is 10.3 Å². The van der Waals surface area contributed by atoms with E-state index in [-0.39, 0.29) is 18.1 Å². The summed E-state index contributed by atoms with van der Waals surface area (Å²) in [5.74, 6) is 0.108. The second kappa shape index (κ2) is 8.79. The number of Topliss-reactive ketones (excluding diaryl/α,β-unsaturated/α-hetero) is 1. The minimum Gasteiger partial charge on any atom is -0.352 e. The Bertz CT molecular complexity index is 1420. The average Bonchev–Trinajstić information content (AvgIpc) is 3.18. The van der Waals surface area contributed by atoms with Crippen LogP contribution in [-0.2, 0) is 30.2 Å². The maximum Gasteiger partial charge on any atom is 0.251 e. The monoisotopic (exact) mass is 472 g/mol. The number of nitrogens with zero attached hydrogens (tertiary/aromatic N) is 3. The molecule has 1 aliphatic heterocycles. The molecule has 1 aromatic heterocycles. The molecule has 5 rings (SSSR count). The quantitative estimate of drug-likeness (QED) is 0.452. The van der Waals surface area contributed by atoms with Crippen LogP contribution in [0.5, 0.6) is 0 Å². The lowest BCUT2D eigenvalue weighted by molar-refractivity contribution is 0.0977. The molecule has 0 spiro atoms. The lowest BCUT2D eigenvalue weighted by Gasteiger charge is -2.32. The Morgan fingerprint density at radius 3 is 2.03 bits per heavy atom. The van der Waals surface area contributed by atoms with Crippen LogP contribution in [0, 0.1) is 0 Å². The number of hydrogen-bond donors (Lipinski definition) is 1. The third-order valence-electron chi connectivity index (χ3n) is 5.95. The number of benzene rings is 3. The van der Waals surface area contributed by atoms with Gasteiger partial charge >= 0.3 is 0 Å². The van der Waals surface area contributed by atoms with Gasteiger partial charge in [-0.3, -0.25) is 4.79 Å². The van der Waals surface area contributed by atoms with Gasteiger partial charge < -0.3 is 9.88 Å². The molecule has 172 valence electrons. The molecule has 1 aliphatic rings. The molecule has 0 aliphatic carbocycles. The van der Waals surface area contributed by atoms with Gasteiger partial charge in [-0.15, -0.1) is 0 Å². The molecule has 1 unspecified atom stereocenters.